The molecule has 0 aliphatic carbocycles. The average Bonchev–Trinajstić information content (AvgIpc) is 3.34. The first-order valence-corrected chi connectivity index (χ1v) is 10.8. The van der Waals surface area contributed by atoms with Crippen LogP contribution < -0.4 is 21.7 Å². The fourth-order valence-electron chi connectivity index (χ4n) is 3.21. The van der Waals surface area contributed by atoms with Crippen LogP contribution in [0.1, 0.15) is 24.1 Å². The third-order valence-electron chi connectivity index (χ3n) is 4.99. The fraction of sp³-hybridized carbons (Fsp3) is 0.364. The van der Waals surface area contributed by atoms with Crippen LogP contribution in [0.5, 0.6) is 0 Å². The molecule has 1 heterocycles. The maximum Gasteiger partial charge on any atom is 0.326 e. The number of amides is 3. The first-order chi connectivity index (χ1) is 16.7. The number of carbonyl (C=O) groups is 5. The summed E-state index contributed by atoms with van der Waals surface area (Å²) in [7, 11) is 0. The number of carboxylic acid groups (broad SMARTS) is 2. The zero-order valence-corrected chi connectivity index (χ0v) is 18.8. The van der Waals surface area contributed by atoms with Gasteiger partial charge in [-0.15, -0.1) is 0 Å². The number of aromatic amines is 1. The zero-order chi connectivity index (χ0) is 25.8. The molecule has 0 aliphatic heterocycles. The smallest absolute Gasteiger partial charge is 0.326 e. The molecule has 2 aromatic rings. The summed E-state index contributed by atoms with van der Waals surface area (Å²) >= 11 is 0. The van der Waals surface area contributed by atoms with E-state index in [9.17, 15) is 29.1 Å². The second-order valence-electron chi connectivity index (χ2n) is 7.69. The summed E-state index contributed by atoms with van der Waals surface area (Å²) in [5, 5.41) is 25.6. The number of benzene rings is 1. The van der Waals surface area contributed by atoms with Crippen LogP contribution >= 0.6 is 0 Å². The van der Waals surface area contributed by atoms with Crippen molar-refractivity contribution in [1.29, 1.82) is 0 Å². The average molecular weight is 489 g/mol. The number of nitrogens with one attached hydrogen (secondary N) is 4. The molecule has 3 unspecified atom stereocenters. The molecule has 8 N–H and O–H groups in total. The highest BCUT2D eigenvalue weighted by molar-refractivity contribution is 5.94. The van der Waals surface area contributed by atoms with Crippen molar-refractivity contribution < 1.29 is 34.2 Å². The van der Waals surface area contributed by atoms with E-state index in [1.807, 2.05) is 0 Å². The van der Waals surface area contributed by atoms with E-state index in [2.05, 4.69) is 25.9 Å². The van der Waals surface area contributed by atoms with Crippen molar-refractivity contribution >= 4 is 29.7 Å². The van der Waals surface area contributed by atoms with Gasteiger partial charge in [0.25, 0.3) is 0 Å². The molecule has 13 heteroatoms. The van der Waals surface area contributed by atoms with Crippen molar-refractivity contribution in [3.8, 4) is 0 Å². The Kier molecular flexibility index (Phi) is 10.4. The molecule has 3 amide bonds. The lowest BCUT2D eigenvalue weighted by Crippen LogP contribution is -2.57. The number of aromatic nitrogens is 2. The molecule has 0 radical (unpaired) electrons. The highest BCUT2D eigenvalue weighted by Crippen LogP contribution is 2.07. The Morgan fingerprint density at radius 2 is 1.54 bits per heavy atom. The molecule has 0 fully saturated rings. The van der Waals surface area contributed by atoms with Crippen LogP contribution in [0.2, 0.25) is 0 Å². The summed E-state index contributed by atoms with van der Waals surface area (Å²) in [6.07, 6.45) is 2.13. The number of carboxylic acids is 2. The van der Waals surface area contributed by atoms with E-state index in [4.69, 9.17) is 10.8 Å². The lowest BCUT2D eigenvalue weighted by Gasteiger charge is -2.24. The normalized spacial score (nSPS) is 13.2. The topological polar surface area (TPSA) is 217 Å². The van der Waals surface area contributed by atoms with E-state index in [0.717, 1.165) is 0 Å². The minimum Gasteiger partial charge on any atom is -0.481 e. The minimum atomic E-state index is -1.47. The number of imidazole rings is 1. The summed E-state index contributed by atoms with van der Waals surface area (Å²) in [6, 6.07) is 4.92. The van der Waals surface area contributed by atoms with Gasteiger partial charge < -0.3 is 36.9 Å². The van der Waals surface area contributed by atoms with Gasteiger partial charge in [-0.2, -0.15) is 0 Å². The molecule has 0 saturated carbocycles. The van der Waals surface area contributed by atoms with Gasteiger partial charge in [0, 0.05) is 31.2 Å². The van der Waals surface area contributed by atoms with Crippen LogP contribution in [-0.4, -0.2) is 74.5 Å². The predicted octanol–water partition coefficient (Wildman–Crippen LogP) is -1.44. The monoisotopic (exact) mass is 488 g/mol. The first-order valence-electron chi connectivity index (χ1n) is 10.8. The number of H-pyrrole nitrogens is 1. The molecule has 0 saturated heterocycles. The number of aliphatic carboxylic acids is 2. The van der Waals surface area contributed by atoms with Gasteiger partial charge in [-0.25, -0.2) is 9.78 Å². The molecular formula is C22H28N6O7. The molecule has 1 aromatic heterocycles. The Hall–Kier alpha value is -4.26. The van der Waals surface area contributed by atoms with E-state index in [0.29, 0.717) is 11.3 Å². The maximum atomic E-state index is 13.1. The first kappa shape index (κ1) is 27.0. The summed E-state index contributed by atoms with van der Waals surface area (Å²) in [5.74, 6) is -4.72. The molecule has 3 atom stereocenters. The van der Waals surface area contributed by atoms with Gasteiger partial charge in [0.1, 0.15) is 18.1 Å². The number of hydrogen-bond donors (Lipinski definition) is 7. The summed E-state index contributed by atoms with van der Waals surface area (Å²) < 4.78 is 0. The predicted molar refractivity (Wildman–Crippen MR) is 122 cm³/mol. The Morgan fingerprint density at radius 3 is 2.09 bits per heavy atom. The van der Waals surface area contributed by atoms with Gasteiger partial charge in [-0.3, -0.25) is 19.2 Å². The third kappa shape index (κ3) is 9.25. The number of rotatable bonds is 14. The van der Waals surface area contributed by atoms with Crippen LogP contribution in [0.15, 0.2) is 42.9 Å². The van der Waals surface area contributed by atoms with Crippen LogP contribution in [0.3, 0.4) is 0 Å². The van der Waals surface area contributed by atoms with E-state index in [-0.39, 0.29) is 25.8 Å². The van der Waals surface area contributed by atoms with E-state index >= 15 is 0 Å². The Balaban J connectivity index is 2.22. The standard InChI is InChI=1S/C22H28N6O7/c23-10-18(29)26-17(9-14-11-24-12-25-14)21(33)28-16(8-13-4-2-1-3-5-13)20(32)27-15(22(34)35)6-7-19(30)31/h1-5,11-12,15-17H,6-10,23H2,(H,24,25)(H,26,29)(H,27,32)(H,28,33)(H,30,31)(H,34,35). The van der Waals surface area contributed by atoms with Crippen molar-refractivity contribution in [2.45, 2.75) is 43.8 Å². The maximum absolute atomic E-state index is 13.1. The highest BCUT2D eigenvalue weighted by Gasteiger charge is 2.30. The Labute approximate surface area is 200 Å². The van der Waals surface area contributed by atoms with Crippen molar-refractivity contribution in [1.82, 2.24) is 25.9 Å². The van der Waals surface area contributed by atoms with Gasteiger partial charge in [-0.1, -0.05) is 30.3 Å². The fourth-order valence-corrected chi connectivity index (χ4v) is 3.21. The van der Waals surface area contributed by atoms with Gasteiger partial charge in [0.15, 0.2) is 0 Å². The van der Waals surface area contributed by atoms with Gasteiger partial charge in [-0.05, 0) is 12.0 Å². The van der Waals surface area contributed by atoms with Crippen molar-refractivity contribution in [3.63, 3.8) is 0 Å². The summed E-state index contributed by atoms with van der Waals surface area (Å²) in [4.78, 5) is 67.0. The van der Waals surface area contributed by atoms with Crippen LogP contribution in [0, 0.1) is 0 Å². The van der Waals surface area contributed by atoms with E-state index < -0.39 is 54.2 Å². The number of nitrogens with two attached hydrogens (primary N) is 1. The molecule has 0 spiro atoms. The van der Waals surface area contributed by atoms with E-state index in [1.165, 1.54) is 12.5 Å². The minimum absolute atomic E-state index is 0.0191. The van der Waals surface area contributed by atoms with Gasteiger partial charge in [0.05, 0.1) is 12.9 Å². The van der Waals surface area contributed by atoms with Crippen LogP contribution in [0.25, 0.3) is 0 Å². The summed E-state index contributed by atoms with van der Waals surface area (Å²) in [6.45, 7) is -0.357. The number of carbonyl (C=O) groups excluding carboxylic acids is 3. The molecular weight excluding hydrogens is 460 g/mol. The summed E-state index contributed by atoms with van der Waals surface area (Å²) in [5.41, 5.74) is 6.58. The third-order valence-corrected chi connectivity index (χ3v) is 4.99. The molecule has 1 aromatic carbocycles. The number of hydrogen-bond acceptors (Lipinski definition) is 7. The zero-order valence-electron chi connectivity index (χ0n) is 18.8. The second kappa shape index (κ2) is 13.4. The van der Waals surface area contributed by atoms with E-state index in [1.54, 1.807) is 30.3 Å². The molecule has 0 bridgehead atoms. The van der Waals surface area contributed by atoms with Crippen molar-refractivity contribution in [3.05, 3.63) is 54.1 Å². The molecule has 188 valence electrons. The van der Waals surface area contributed by atoms with Crippen LogP contribution in [0.4, 0.5) is 0 Å². The SMILES string of the molecule is NCC(=O)NC(Cc1cnc[nH]1)C(=O)NC(Cc1ccccc1)C(=O)NC(CCC(=O)O)C(=O)O. The lowest BCUT2D eigenvalue weighted by atomic mass is 10.0. The van der Waals surface area contributed by atoms with Gasteiger partial charge >= 0.3 is 11.9 Å². The number of nitrogens with zero attached hydrogens (tertiary/aromatic N) is 1. The quantitative estimate of drug-likeness (QED) is 0.165. The highest BCUT2D eigenvalue weighted by atomic mass is 16.4. The largest absolute Gasteiger partial charge is 0.481 e. The van der Waals surface area contributed by atoms with Crippen molar-refractivity contribution in [2.24, 2.45) is 5.73 Å². The molecule has 2 rings (SSSR count). The molecule has 35 heavy (non-hydrogen) atoms. The Morgan fingerprint density at radius 1 is 0.914 bits per heavy atom. The van der Waals surface area contributed by atoms with Gasteiger partial charge in [0.2, 0.25) is 17.7 Å². The second-order valence-corrected chi connectivity index (χ2v) is 7.69. The van der Waals surface area contributed by atoms with Crippen molar-refractivity contribution in [2.75, 3.05) is 6.54 Å². The Bertz CT molecular complexity index is 1010. The molecule has 13 nitrogen and oxygen atoms in total. The molecule has 0 aliphatic rings. The van der Waals surface area contributed by atoms with Crippen LogP contribution in [-0.2, 0) is 36.8 Å². The lowest BCUT2D eigenvalue weighted by molar-refractivity contribution is -0.143.